The van der Waals surface area contributed by atoms with Crippen molar-refractivity contribution in [1.82, 2.24) is 119 Å². The fraction of sp³-hybridized carbons (Fsp3) is 0.500. The Morgan fingerprint density at radius 3 is 1.14 bits per heavy atom. The summed E-state index contributed by atoms with van der Waals surface area (Å²) in [5.41, 5.74) is 35.1. The van der Waals surface area contributed by atoms with Gasteiger partial charge in [0.05, 0.1) is 106 Å². The second kappa shape index (κ2) is 36.0. The highest BCUT2D eigenvalue weighted by Crippen LogP contribution is 2.61. The van der Waals surface area contributed by atoms with Gasteiger partial charge in [-0.25, -0.2) is 37.2 Å². The van der Waals surface area contributed by atoms with Crippen molar-refractivity contribution >= 4 is 197 Å². The molecule has 9 fully saturated rings. The van der Waals surface area contributed by atoms with Crippen LogP contribution in [-0.4, -0.2) is 275 Å². The molecule has 12 aromatic heterocycles. The van der Waals surface area contributed by atoms with Crippen LogP contribution in [0.15, 0.2) is 69.8 Å². The fourth-order valence-corrected chi connectivity index (χ4v) is 24.3. The minimum atomic E-state index is -4.23. The summed E-state index contributed by atoms with van der Waals surface area (Å²) in [5, 5.41) is 35.6. The molecule has 27 atom stereocenters. The van der Waals surface area contributed by atoms with E-state index in [2.05, 4.69) is 103 Å². The summed E-state index contributed by atoms with van der Waals surface area (Å²) < 4.78 is 171. The van der Waals surface area contributed by atoms with Crippen LogP contribution in [0.2, 0.25) is 0 Å². The second-order valence-electron chi connectivity index (χ2n) is 30.0. The number of aromatic nitrogens is 24. The first-order valence-corrected chi connectivity index (χ1v) is 54.2. The number of alkyl halides is 3. The predicted molar refractivity (Wildman–Crippen MR) is 460 cm³/mol. The maximum Gasteiger partial charge on any atom is 0.386 e. The van der Waals surface area contributed by atoms with Crippen molar-refractivity contribution < 1.29 is 125 Å². The zero-order valence-electron chi connectivity index (χ0n) is 66.1. The molecule has 0 aromatic carbocycles. The van der Waals surface area contributed by atoms with Gasteiger partial charge in [0, 0.05) is 42.8 Å². The Morgan fingerprint density at radius 1 is 0.402 bits per heavy atom. The van der Waals surface area contributed by atoms with E-state index in [4.69, 9.17) is 176 Å². The molecule has 12 aromatic rings. The average molecular weight is 2080 g/mol. The SMILES string of the molecule is Nc1nc2c(nnn2[C@@H]2O[C@@H]3COP(=O)(S)O[C@H]4C[C@H](c5cnn6c(N)ccnc56)O[C@@H]4COP(O)(=S)O[C@@H]2[C@H]3F)c(=O)[nH]1.Nc1nc2c(nnn2[C@@H]2O[C@@H]3COP(O)(=S)OC4C[C@H](c5cnc6c(N)ccnn56)O[C@@H]4COP(O)(=S)O[C@@H]2[C@H]3F)c(=O)[nH]1.Nc1nc2c(nnn2[C@@H]2O[C@@H]3COP(O)(=S)O[C@H]4C[C@H](c5cnn6c(N)ccnc56)O[C@@H]4COP(O)(=S)O[C@@H]2[C@H]3F)c(=O)[nH]1. The predicted octanol–water partition coefficient (Wildman–Crippen LogP) is 0.0357. The summed E-state index contributed by atoms with van der Waals surface area (Å²) in [6.07, 6.45) is -18.0. The number of nitrogens with two attached hydrogens (primary N) is 6. The minimum Gasteiger partial charge on any atom is -0.396 e. The van der Waals surface area contributed by atoms with Crippen LogP contribution < -0.4 is 51.1 Å². The van der Waals surface area contributed by atoms with Gasteiger partial charge < -0.3 is 119 Å². The Bertz CT molecular complexity index is 6380. The van der Waals surface area contributed by atoms with Crippen molar-refractivity contribution in [3.8, 4) is 0 Å². The highest BCUT2D eigenvalue weighted by molar-refractivity contribution is 8.44. The van der Waals surface area contributed by atoms with Crippen molar-refractivity contribution in [3.05, 3.63) is 103 Å². The summed E-state index contributed by atoms with van der Waals surface area (Å²) >= 11 is 30.2. The Labute approximate surface area is 761 Å². The molecular formula is C60H69F3N30O27P6S6. The van der Waals surface area contributed by atoms with Crippen molar-refractivity contribution in [1.29, 1.82) is 0 Å². The minimum absolute atomic E-state index is 0.125. The molecule has 0 saturated carbocycles. The molecule has 0 aliphatic carbocycles. The lowest BCUT2D eigenvalue weighted by Gasteiger charge is -2.27. The van der Waals surface area contributed by atoms with Crippen LogP contribution in [0.25, 0.3) is 50.4 Å². The number of nitrogens with one attached hydrogen (secondary N) is 3. The van der Waals surface area contributed by atoms with Crippen LogP contribution in [0, 0.1) is 0 Å². The van der Waals surface area contributed by atoms with Gasteiger partial charge in [-0.05, 0) is 77.2 Å². The van der Waals surface area contributed by atoms with E-state index in [1.165, 1.54) is 50.7 Å². The fourth-order valence-electron chi connectivity index (χ4n) is 15.6. The molecule has 9 aliphatic rings. The molecule has 132 heavy (non-hydrogen) atoms. The molecule has 0 radical (unpaired) electrons. The topological polar surface area (TPSA) is 760 Å². The molecule has 0 amide bonds. The number of aromatic amines is 3. The third-order valence-corrected chi connectivity index (χ3v) is 31.1. The number of thiol groups is 1. The molecule has 708 valence electrons. The van der Waals surface area contributed by atoms with Gasteiger partial charge in [0.15, 0.2) is 87.6 Å². The zero-order chi connectivity index (χ0) is 92.9. The number of ether oxygens (including phenoxy) is 6. The highest BCUT2D eigenvalue weighted by Gasteiger charge is 2.57. The van der Waals surface area contributed by atoms with Crippen LogP contribution in [0.1, 0.15) is 73.1 Å². The molecule has 9 saturated heterocycles. The average Bonchev–Trinajstić information content (AvgIpc) is 1.61. The smallest absolute Gasteiger partial charge is 0.386 e. The Balaban J connectivity index is 0.000000128. The number of fused-ring (bicyclic) bond motifs is 15. The maximum atomic E-state index is 15.8. The van der Waals surface area contributed by atoms with Crippen LogP contribution in [0.4, 0.5) is 48.3 Å². The first kappa shape index (κ1) is 93.2. The number of nitrogen functional groups attached to an aromatic ring is 6. The number of H-pyrrole nitrogens is 3. The van der Waals surface area contributed by atoms with Gasteiger partial charge in [-0.1, -0.05) is 27.9 Å². The monoisotopic (exact) mass is 2080 g/mol. The Hall–Kier alpha value is -7.80. The molecule has 21 heterocycles. The third-order valence-electron chi connectivity index (χ3n) is 21.6. The first-order chi connectivity index (χ1) is 62.7. The number of imidazole rings is 1. The zero-order valence-corrected chi connectivity index (χ0v) is 76.4. The van der Waals surface area contributed by atoms with Crippen molar-refractivity contribution in [2.75, 3.05) is 74.0 Å². The van der Waals surface area contributed by atoms with E-state index in [0.717, 1.165) is 14.0 Å². The van der Waals surface area contributed by atoms with E-state index < -0.39 is 225 Å². The third kappa shape index (κ3) is 18.7. The van der Waals surface area contributed by atoms with E-state index in [1.54, 1.807) is 18.2 Å². The number of rotatable bonds is 6. The standard InChI is InChI=1S/3C20H23FN10O9P2S2/c2*21-13-11-6-36-41(33,43)39-9-3-8(7-4-25-30-12(22)1-2-24-16(7)30)37-10(9)5-35-42(34,44)40-15(13)19(38-11)31-17-14(28-29-31)18(32)27-20(23)26-17;21-13-12-6-36-41(33,43)39-10-3-9(8-4-24-16-7(22)1-2-25-30(8)16)37-11(10)5-35-42(34,44)40-15(13)19(38-12)31-17-14(28-29-31)18(32)27-20(23)26-17/h2*1-2,4,8-11,13,15,19H,3,5-6,22H2,(H,33,43)(H,34,44)(H3,23,26,27,32);1-2,4,9-13,15,19H,3,5-6,22H2,(H,33,43)(H,34,44)(H3,23,26,27,32)/t2*8-,9+,10-,11-,13+,15-,19-,41?,42?;9-,10?,11-,12-,13+,15-,19-,41?,42?/m111/s1. The summed E-state index contributed by atoms with van der Waals surface area (Å²) in [7, 11) is 0. The van der Waals surface area contributed by atoms with Gasteiger partial charge >= 0.3 is 40.4 Å². The Kier molecular flexibility index (Phi) is 25.4. The van der Waals surface area contributed by atoms with Gasteiger partial charge in [-0.3, -0.25) is 52.0 Å². The summed E-state index contributed by atoms with van der Waals surface area (Å²) in [6.45, 7) is -28.0. The summed E-state index contributed by atoms with van der Waals surface area (Å²) in [5.74, 6) is -0.0931. The van der Waals surface area contributed by atoms with Crippen LogP contribution >= 0.6 is 52.6 Å². The van der Waals surface area contributed by atoms with E-state index in [0.29, 0.717) is 51.1 Å². The van der Waals surface area contributed by atoms with Gasteiger partial charge in [-0.15, -0.1) is 15.3 Å². The summed E-state index contributed by atoms with van der Waals surface area (Å²) in [6, 6.07) is 4.76. The number of hydrogen-bond acceptors (Lipinski definition) is 48. The maximum absolute atomic E-state index is 15.8. The van der Waals surface area contributed by atoms with Gasteiger partial charge in [0.1, 0.15) is 72.7 Å². The summed E-state index contributed by atoms with van der Waals surface area (Å²) in [4.78, 5) is 124. The van der Waals surface area contributed by atoms with Crippen LogP contribution in [-0.2, 0) is 146 Å². The number of hydrogen-bond donors (Lipinski definition) is 15. The van der Waals surface area contributed by atoms with Gasteiger partial charge in [0.25, 0.3) is 16.7 Å². The van der Waals surface area contributed by atoms with E-state index >= 15 is 13.2 Å². The molecular weight excluding hydrogens is 2010 g/mol. The number of nitrogens with zero attached hydrogens (tertiary/aromatic N) is 21. The Morgan fingerprint density at radius 2 is 0.750 bits per heavy atom. The quantitative estimate of drug-likeness (QED) is 0.0772. The first-order valence-electron chi connectivity index (χ1n) is 38.5. The molecule has 7 unspecified atom stereocenters. The van der Waals surface area contributed by atoms with E-state index in [9.17, 15) is 43.4 Å². The normalized spacial score (nSPS) is 36.6. The molecule has 0 spiro atoms. The lowest BCUT2D eigenvalue weighted by molar-refractivity contribution is -0.0607. The van der Waals surface area contributed by atoms with Crippen LogP contribution in [0.5, 0.6) is 0 Å². The second-order valence-corrected chi connectivity index (χ2v) is 46.9. The van der Waals surface area contributed by atoms with Crippen molar-refractivity contribution in [2.24, 2.45) is 0 Å². The van der Waals surface area contributed by atoms with E-state index in [1.807, 2.05) is 0 Å². The molecule has 21 rings (SSSR count). The number of halogens is 3. The highest BCUT2D eigenvalue weighted by atomic mass is 32.7. The molecule has 57 nitrogen and oxygen atoms in total. The van der Waals surface area contributed by atoms with Gasteiger partial charge in [0.2, 0.25) is 17.8 Å². The number of anilines is 6. The molecule has 72 heteroatoms. The van der Waals surface area contributed by atoms with E-state index in [-0.39, 0.29) is 70.6 Å². The lowest BCUT2D eigenvalue weighted by Crippen LogP contribution is -2.32. The largest absolute Gasteiger partial charge is 0.396 e. The molecule has 20 N–H and O–H groups in total. The van der Waals surface area contributed by atoms with Crippen molar-refractivity contribution in [2.45, 2.75) is 148 Å². The van der Waals surface area contributed by atoms with Crippen LogP contribution in [0.3, 0.4) is 0 Å². The lowest BCUT2D eigenvalue weighted by atomic mass is 10.1. The molecule has 6 bridgehead atoms. The van der Waals surface area contributed by atoms with Crippen molar-refractivity contribution in [3.63, 3.8) is 0 Å². The molecule has 9 aliphatic heterocycles. The van der Waals surface area contributed by atoms with Gasteiger partial charge in [-0.2, -0.15) is 53.3 Å².